The predicted molar refractivity (Wildman–Crippen MR) is 166 cm³/mol. The van der Waals surface area contributed by atoms with Crippen molar-refractivity contribution in [1.29, 1.82) is 0 Å². The number of hydrogen-bond donors (Lipinski definition) is 3. The van der Waals surface area contributed by atoms with Gasteiger partial charge >= 0.3 is 5.97 Å². The minimum atomic E-state index is -1.39. The lowest BCUT2D eigenvalue weighted by Crippen LogP contribution is -2.61. The predicted octanol–water partition coefficient (Wildman–Crippen LogP) is 5.01. The number of nitrogens with zero attached hydrogens (tertiary/aromatic N) is 1. The molecule has 4 atom stereocenters. The number of nitrogens with one attached hydrogen (secondary N) is 2. The molecule has 2 heterocycles. The first-order valence-electron chi connectivity index (χ1n) is 14.7. The fourth-order valence-electron chi connectivity index (χ4n) is 7.00. The van der Waals surface area contributed by atoms with Crippen LogP contribution in [0.2, 0.25) is 0 Å². The normalized spacial score (nSPS) is 21.9. The molecule has 0 spiro atoms. The molecule has 1 amide bonds. The number of esters is 1. The molecule has 2 aliphatic rings. The average Bonchev–Trinajstić information content (AvgIpc) is 3.50. The SMILES string of the molecule is COC(=O)[C@@H](NC(=O)[C@@H]1C[C@]2(O)c3ccccc3N[C@@H]2N1C(c1ccccc1)(c1ccccc1)c1ccccc1)C(C)C. The molecule has 1 fully saturated rings. The van der Waals surface area contributed by atoms with E-state index in [2.05, 4.69) is 51.9 Å². The van der Waals surface area contributed by atoms with E-state index in [0.29, 0.717) is 0 Å². The van der Waals surface area contributed by atoms with Crippen LogP contribution in [0.3, 0.4) is 0 Å². The van der Waals surface area contributed by atoms with Gasteiger partial charge in [0.05, 0.1) is 18.7 Å². The van der Waals surface area contributed by atoms with E-state index in [4.69, 9.17) is 4.74 Å². The molecular weight excluding hydrogens is 538 g/mol. The zero-order chi connectivity index (χ0) is 30.2. The highest BCUT2D eigenvalue weighted by atomic mass is 16.5. The Balaban J connectivity index is 1.62. The van der Waals surface area contributed by atoms with Crippen LogP contribution < -0.4 is 10.6 Å². The Morgan fingerprint density at radius 3 is 1.84 bits per heavy atom. The molecule has 0 aliphatic carbocycles. The van der Waals surface area contributed by atoms with Gasteiger partial charge in [0.15, 0.2) is 0 Å². The molecular formula is C36H37N3O4. The van der Waals surface area contributed by atoms with Gasteiger partial charge in [-0.3, -0.25) is 9.69 Å². The van der Waals surface area contributed by atoms with Crippen LogP contribution in [0.25, 0.3) is 0 Å². The molecule has 0 bridgehead atoms. The monoisotopic (exact) mass is 575 g/mol. The Hall–Kier alpha value is -4.46. The van der Waals surface area contributed by atoms with Crippen molar-refractivity contribution in [2.24, 2.45) is 5.92 Å². The summed E-state index contributed by atoms with van der Waals surface area (Å²) in [5.41, 5.74) is 2.02. The number of anilines is 1. The summed E-state index contributed by atoms with van der Waals surface area (Å²) >= 11 is 0. The van der Waals surface area contributed by atoms with Gasteiger partial charge in [-0.2, -0.15) is 0 Å². The van der Waals surface area contributed by atoms with Gasteiger partial charge in [-0.15, -0.1) is 0 Å². The summed E-state index contributed by atoms with van der Waals surface area (Å²) in [7, 11) is 1.32. The molecule has 3 N–H and O–H groups in total. The topological polar surface area (TPSA) is 90.9 Å². The summed E-state index contributed by atoms with van der Waals surface area (Å²) in [6, 6.07) is 36.4. The van der Waals surface area contributed by atoms with Crippen molar-refractivity contribution in [2.45, 2.75) is 49.7 Å². The van der Waals surface area contributed by atoms with Crippen molar-refractivity contribution >= 4 is 17.6 Å². The quantitative estimate of drug-likeness (QED) is 0.202. The fourth-order valence-corrected chi connectivity index (χ4v) is 7.00. The molecule has 43 heavy (non-hydrogen) atoms. The lowest BCUT2D eigenvalue weighted by atomic mass is 9.74. The van der Waals surface area contributed by atoms with E-state index < -0.39 is 35.4 Å². The first kappa shape index (κ1) is 28.6. The van der Waals surface area contributed by atoms with E-state index in [0.717, 1.165) is 27.9 Å². The van der Waals surface area contributed by atoms with Crippen LogP contribution in [0.4, 0.5) is 5.69 Å². The van der Waals surface area contributed by atoms with Crippen LogP contribution in [0, 0.1) is 5.92 Å². The van der Waals surface area contributed by atoms with Gasteiger partial charge in [-0.25, -0.2) is 4.79 Å². The van der Waals surface area contributed by atoms with Crippen molar-refractivity contribution in [3.8, 4) is 0 Å². The third-order valence-corrected chi connectivity index (χ3v) is 8.94. The molecule has 7 heteroatoms. The molecule has 0 unspecified atom stereocenters. The summed E-state index contributed by atoms with van der Waals surface area (Å²) in [6.07, 6.45) is -0.551. The number of benzene rings is 4. The minimum Gasteiger partial charge on any atom is -0.467 e. The number of rotatable bonds is 8. The van der Waals surface area contributed by atoms with Gasteiger partial charge in [-0.05, 0) is 28.7 Å². The molecule has 6 rings (SSSR count). The Labute approximate surface area is 252 Å². The van der Waals surface area contributed by atoms with Crippen molar-refractivity contribution < 1.29 is 19.4 Å². The molecule has 1 saturated heterocycles. The molecule has 0 radical (unpaired) electrons. The molecule has 7 nitrogen and oxygen atoms in total. The number of para-hydroxylation sites is 1. The van der Waals surface area contributed by atoms with Gasteiger partial charge in [-0.1, -0.05) is 123 Å². The maximum Gasteiger partial charge on any atom is 0.328 e. The maximum atomic E-state index is 14.5. The highest BCUT2D eigenvalue weighted by Gasteiger charge is 2.64. The van der Waals surface area contributed by atoms with E-state index >= 15 is 0 Å². The number of ether oxygens (including phenoxy) is 1. The van der Waals surface area contributed by atoms with E-state index in [1.165, 1.54) is 7.11 Å². The van der Waals surface area contributed by atoms with E-state index in [1.807, 2.05) is 92.7 Å². The van der Waals surface area contributed by atoms with Gasteiger partial charge in [0.25, 0.3) is 0 Å². The number of fused-ring (bicyclic) bond motifs is 3. The lowest BCUT2D eigenvalue weighted by molar-refractivity contribution is -0.147. The number of likely N-dealkylation sites (tertiary alicyclic amines) is 1. The molecule has 2 aliphatic heterocycles. The van der Waals surface area contributed by atoms with E-state index in [-0.39, 0.29) is 18.2 Å². The maximum absolute atomic E-state index is 14.5. The van der Waals surface area contributed by atoms with Crippen LogP contribution >= 0.6 is 0 Å². The second-order valence-corrected chi connectivity index (χ2v) is 11.7. The zero-order valence-electron chi connectivity index (χ0n) is 24.6. The summed E-state index contributed by atoms with van der Waals surface area (Å²) < 4.78 is 5.05. The number of amides is 1. The summed E-state index contributed by atoms with van der Waals surface area (Å²) in [4.78, 5) is 29.4. The molecule has 4 aromatic rings. The minimum absolute atomic E-state index is 0.119. The van der Waals surface area contributed by atoms with Crippen LogP contribution in [0.1, 0.15) is 42.5 Å². The van der Waals surface area contributed by atoms with Gasteiger partial charge in [0.1, 0.15) is 17.8 Å². The number of aliphatic hydroxyl groups is 1. The van der Waals surface area contributed by atoms with Crippen LogP contribution in [0.15, 0.2) is 115 Å². The fraction of sp³-hybridized carbons (Fsp3) is 0.278. The first-order chi connectivity index (χ1) is 20.8. The Morgan fingerprint density at radius 1 is 0.860 bits per heavy atom. The summed E-state index contributed by atoms with van der Waals surface area (Å²) in [6.45, 7) is 3.74. The van der Waals surface area contributed by atoms with Crippen molar-refractivity contribution in [1.82, 2.24) is 10.2 Å². The van der Waals surface area contributed by atoms with Crippen molar-refractivity contribution in [3.05, 3.63) is 138 Å². The van der Waals surface area contributed by atoms with Gasteiger partial charge in [0, 0.05) is 17.7 Å². The zero-order valence-corrected chi connectivity index (χ0v) is 24.6. The second kappa shape index (κ2) is 11.3. The standard InChI is InChI=1S/C36H37N3O4/c1-24(2)31(33(41)43-3)38-32(40)30-23-35(42)28-21-13-14-22-29(28)37-34(35)39(30)36(25-15-7-4-8-16-25,26-17-9-5-10-18-26)27-19-11-6-12-20-27/h4-22,24,30-31,34,37,42H,23H2,1-3H3,(H,38,40)/t30-,31-,34+,35-/m0/s1. The van der Waals surface area contributed by atoms with Crippen LogP contribution in [0.5, 0.6) is 0 Å². The lowest BCUT2D eigenvalue weighted by Gasteiger charge is -2.49. The summed E-state index contributed by atoms with van der Waals surface area (Å²) in [5, 5.41) is 19.2. The Kier molecular flexibility index (Phi) is 7.54. The molecule has 0 aromatic heterocycles. The molecule has 220 valence electrons. The highest BCUT2D eigenvalue weighted by molar-refractivity contribution is 5.89. The van der Waals surface area contributed by atoms with Crippen LogP contribution in [-0.4, -0.2) is 47.2 Å². The van der Waals surface area contributed by atoms with Crippen molar-refractivity contribution in [2.75, 3.05) is 12.4 Å². The Morgan fingerprint density at radius 2 is 1.35 bits per heavy atom. The summed E-state index contributed by atoms with van der Waals surface area (Å²) in [5.74, 6) is -1.05. The third kappa shape index (κ3) is 4.60. The van der Waals surface area contributed by atoms with Crippen molar-refractivity contribution in [3.63, 3.8) is 0 Å². The van der Waals surface area contributed by atoms with E-state index in [1.54, 1.807) is 0 Å². The average molecular weight is 576 g/mol. The number of methoxy groups -OCH3 is 1. The van der Waals surface area contributed by atoms with Crippen LogP contribution in [-0.2, 0) is 25.5 Å². The smallest absolute Gasteiger partial charge is 0.328 e. The third-order valence-electron chi connectivity index (χ3n) is 8.94. The highest BCUT2D eigenvalue weighted by Crippen LogP contribution is 2.56. The van der Waals surface area contributed by atoms with E-state index in [9.17, 15) is 14.7 Å². The number of carbonyl (C=O) groups excluding carboxylic acids is 2. The van der Waals surface area contributed by atoms with Gasteiger partial charge < -0.3 is 20.5 Å². The number of carbonyl (C=O) groups is 2. The number of hydrogen-bond acceptors (Lipinski definition) is 6. The molecule has 0 saturated carbocycles. The Bertz CT molecular complexity index is 1500. The largest absolute Gasteiger partial charge is 0.467 e. The molecule has 4 aromatic carbocycles. The first-order valence-corrected chi connectivity index (χ1v) is 14.7. The van der Waals surface area contributed by atoms with Gasteiger partial charge in [0.2, 0.25) is 5.91 Å². The second-order valence-electron chi connectivity index (χ2n) is 11.7.